The van der Waals surface area contributed by atoms with Gasteiger partial charge in [-0.2, -0.15) is 5.26 Å². The third kappa shape index (κ3) is 2.56. The molecule has 23 heavy (non-hydrogen) atoms. The van der Waals surface area contributed by atoms with Gasteiger partial charge >= 0.3 is 0 Å². The molecule has 2 heterocycles. The fourth-order valence-electron chi connectivity index (χ4n) is 3.55. The van der Waals surface area contributed by atoms with E-state index in [4.69, 9.17) is 11.0 Å². The lowest BCUT2D eigenvalue weighted by Gasteiger charge is -2.38. The number of nitriles is 1. The average Bonchev–Trinajstić information content (AvgIpc) is 3.01. The zero-order chi connectivity index (χ0) is 15.9. The Balaban J connectivity index is 1.78. The Hall–Kier alpha value is -1.77. The van der Waals surface area contributed by atoms with Gasteiger partial charge in [0.05, 0.1) is 16.4 Å². The van der Waals surface area contributed by atoms with E-state index in [-0.39, 0.29) is 4.75 Å². The Labute approximate surface area is 144 Å². The molecule has 0 amide bonds. The Morgan fingerprint density at radius 1 is 1.26 bits per heavy atom. The van der Waals surface area contributed by atoms with Crippen molar-refractivity contribution in [3.63, 3.8) is 0 Å². The van der Waals surface area contributed by atoms with Crippen LogP contribution >= 0.6 is 23.1 Å². The van der Waals surface area contributed by atoms with Crippen LogP contribution < -0.4 is 5.73 Å². The number of fused-ring (bicyclic) bond motifs is 2. The Kier molecular flexibility index (Phi) is 3.67. The van der Waals surface area contributed by atoms with Gasteiger partial charge in [0.25, 0.3) is 0 Å². The predicted octanol–water partition coefficient (Wildman–Crippen LogP) is 4.27. The van der Waals surface area contributed by atoms with E-state index in [0.717, 1.165) is 30.1 Å². The number of nitrogens with two attached hydrogens (primary N) is 1. The molecule has 0 fully saturated rings. The van der Waals surface area contributed by atoms with Crippen molar-refractivity contribution in [2.24, 2.45) is 10.7 Å². The first kappa shape index (κ1) is 14.8. The van der Waals surface area contributed by atoms with E-state index in [9.17, 15) is 0 Å². The van der Waals surface area contributed by atoms with Gasteiger partial charge in [0.15, 0.2) is 5.17 Å². The predicted molar refractivity (Wildman–Crippen MR) is 97.8 cm³/mol. The minimum absolute atomic E-state index is 0.112. The van der Waals surface area contributed by atoms with Crippen molar-refractivity contribution in [3.05, 3.63) is 46.3 Å². The Bertz CT molecular complexity index is 831. The molecule has 1 atom stereocenters. The minimum atomic E-state index is 0.112. The normalized spacial score (nSPS) is 23.2. The summed E-state index contributed by atoms with van der Waals surface area (Å²) in [6, 6.07) is 12.5. The van der Waals surface area contributed by atoms with Crippen molar-refractivity contribution in [2.45, 2.75) is 30.4 Å². The fourth-order valence-corrected chi connectivity index (χ4v) is 6.20. The van der Waals surface area contributed by atoms with Crippen LogP contribution in [0.2, 0.25) is 0 Å². The van der Waals surface area contributed by atoms with E-state index in [0.29, 0.717) is 5.56 Å². The van der Waals surface area contributed by atoms with Crippen molar-refractivity contribution in [1.82, 2.24) is 0 Å². The SMILES string of the molecule is N#Cc1cccc(-c2cc3c(s2)CCCC32CCN=C(N)S2)c1. The molecule has 2 aliphatic rings. The van der Waals surface area contributed by atoms with Gasteiger partial charge in [0.1, 0.15) is 0 Å². The number of amidine groups is 1. The zero-order valence-electron chi connectivity index (χ0n) is 12.7. The second-order valence-electron chi connectivity index (χ2n) is 6.06. The number of thioether (sulfide) groups is 1. The molecule has 2 N–H and O–H groups in total. The van der Waals surface area contributed by atoms with Crippen LogP contribution in [0.25, 0.3) is 10.4 Å². The summed E-state index contributed by atoms with van der Waals surface area (Å²) in [5.74, 6) is 0. The molecule has 1 aromatic heterocycles. The average molecular weight is 339 g/mol. The molecular weight excluding hydrogens is 322 g/mol. The van der Waals surface area contributed by atoms with Crippen molar-refractivity contribution in [3.8, 4) is 16.5 Å². The second kappa shape index (κ2) is 5.70. The van der Waals surface area contributed by atoms with Crippen molar-refractivity contribution >= 4 is 28.3 Å². The summed E-state index contributed by atoms with van der Waals surface area (Å²) < 4.78 is 0.112. The number of nitrogens with zero attached hydrogens (tertiary/aromatic N) is 2. The largest absolute Gasteiger partial charge is 0.379 e. The second-order valence-corrected chi connectivity index (χ2v) is 8.60. The van der Waals surface area contributed by atoms with E-state index in [1.54, 1.807) is 11.8 Å². The van der Waals surface area contributed by atoms with E-state index in [1.807, 2.05) is 29.5 Å². The Morgan fingerprint density at radius 2 is 2.17 bits per heavy atom. The molecule has 116 valence electrons. The lowest BCUT2D eigenvalue weighted by Crippen LogP contribution is -2.33. The molecule has 4 rings (SSSR count). The van der Waals surface area contributed by atoms with Crippen LogP contribution in [-0.2, 0) is 11.2 Å². The Morgan fingerprint density at radius 3 is 3.00 bits per heavy atom. The maximum atomic E-state index is 9.12. The van der Waals surface area contributed by atoms with Crippen molar-refractivity contribution in [1.29, 1.82) is 5.26 Å². The number of hydrogen-bond donors (Lipinski definition) is 1. The first-order valence-corrected chi connectivity index (χ1v) is 9.46. The highest BCUT2D eigenvalue weighted by Crippen LogP contribution is 2.53. The lowest BCUT2D eigenvalue weighted by atomic mass is 9.84. The van der Waals surface area contributed by atoms with Gasteiger partial charge in [-0.25, -0.2) is 0 Å². The monoisotopic (exact) mass is 339 g/mol. The number of benzene rings is 1. The van der Waals surface area contributed by atoms with Crippen LogP contribution in [0.15, 0.2) is 35.3 Å². The van der Waals surface area contributed by atoms with Gasteiger partial charge in [0.2, 0.25) is 0 Å². The molecule has 0 bridgehead atoms. The van der Waals surface area contributed by atoms with E-state index in [1.165, 1.54) is 28.2 Å². The first-order valence-electron chi connectivity index (χ1n) is 7.83. The highest BCUT2D eigenvalue weighted by atomic mass is 32.2. The fraction of sp³-hybridized carbons (Fsp3) is 0.333. The highest BCUT2D eigenvalue weighted by molar-refractivity contribution is 8.14. The molecule has 1 aliphatic carbocycles. The molecule has 5 heteroatoms. The van der Waals surface area contributed by atoms with Crippen LogP contribution in [0, 0.1) is 11.3 Å². The lowest BCUT2D eigenvalue weighted by molar-refractivity contribution is 0.484. The van der Waals surface area contributed by atoms with Gasteiger partial charge < -0.3 is 5.73 Å². The van der Waals surface area contributed by atoms with Crippen LogP contribution in [0.1, 0.15) is 35.3 Å². The third-order valence-electron chi connectivity index (χ3n) is 4.64. The van der Waals surface area contributed by atoms with Gasteiger partial charge in [-0.3, -0.25) is 4.99 Å². The number of rotatable bonds is 1. The summed E-state index contributed by atoms with van der Waals surface area (Å²) in [6.07, 6.45) is 4.61. The summed E-state index contributed by atoms with van der Waals surface area (Å²) >= 11 is 3.62. The molecule has 1 aliphatic heterocycles. The van der Waals surface area contributed by atoms with E-state index >= 15 is 0 Å². The van der Waals surface area contributed by atoms with Crippen molar-refractivity contribution in [2.75, 3.05) is 6.54 Å². The zero-order valence-corrected chi connectivity index (χ0v) is 14.3. The minimum Gasteiger partial charge on any atom is -0.379 e. The summed E-state index contributed by atoms with van der Waals surface area (Å²) in [5, 5.41) is 9.85. The number of hydrogen-bond acceptors (Lipinski definition) is 5. The van der Waals surface area contributed by atoms with Crippen LogP contribution in [0.5, 0.6) is 0 Å². The number of aryl methyl sites for hydroxylation is 1. The van der Waals surface area contributed by atoms with Gasteiger partial charge in [-0.05, 0) is 55.0 Å². The highest BCUT2D eigenvalue weighted by Gasteiger charge is 2.41. The van der Waals surface area contributed by atoms with Gasteiger partial charge in [-0.15, -0.1) is 11.3 Å². The van der Waals surface area contributed by atoms with E-state index in [2.05, 4.69) is 23.2 Å². The van der Waals surface area contributed by atoms with Gasteiger partial charge in [-0.1, -0.05) is 23.9 Å². The number of thiophene rings is 1. The van der Waals surface area contributed by atoms with Crippen LogP contribution in [-0.4, -0.2) is 11.7 Å². The van der Waals surface area contributed by atoms with E-state index < -0.39 is 0 Å². The standard InChI is InChI=1S/C18H17N3S2/c19-11-12-3-1-4-13(9-12)16-10-14-15(22-16)5-2-6-18(14)7-8-21-17(20)23-18/h1,3-4,9-10H,2,5-8H2,(H2,20,21). The third-order valence-corrected chi connectivity index (χ3v) is 7.24. The molecule has 0 saturated heterocycles. The van der Waals surface area contributed by atoms with Crippen LogP contribution in [0.3, 0.4) is 0 Å². The molecule has 0 radical (unpaired) electrons. The van der Waals surface area contributed by atoms with Crippen molar-refractivity contribution < 1.29 is 0 Å². The molecule has 1 aromatic carbocycles. The van der Waals surface area contributed by atoms with Gasteiger partial charge in [0, 0.05) is 16.3 Å². The maximum absolute atomic E-state index is 9.12. The summed E-state index contributed by atoms with van der Waals surface area (Å²) in [4.78, 5) is 7.11. The maximum Gasteiger partial charge on any atom is 0.154 e. The summed E-state index contributed by atoms with van der Waals surface area (Å²) in [7, 11) is 0. The molecule has 2 aromatic rings. The molecule has 3 nitrogen and oxygen atoms in total. The molecule has 1 unspecified atom stereocenters. The molecular formula is C18H17N3S2. The molecule has 0 saturated carbocycles. The van der Waals surface area contributed by atoms with Crippen LogP contribution in [0.4, 0.5) is 0 Å². The smallest absolute Gasteiger partial charge is 0.154 e. The summed E-state index contributed by atoms with van der Waals surface area (Å²) in [5.41, 5.74) is 9.34. The number of aliphatic imine (C=N–C) groups is 1. The molecule has 1 spiro atoms. The quantitative estimate of drug-likeness (QED) is 0.844. The summed E-state index contributed by atoms with van der Waals surface area (Å²) in [6.45, 7) is 0.827. The first-order chi connectivity index (χ1) is 11.2. The topological polar surface area (TPSA) is 62.2 Å².